The van der Waals surface area contributed by atoms with Crippen molar-refractivity contribution in [2.75, 3.05) is 12.4 Å². The molecule has 1 unspecified atom stereocenters. The van der Waals surface area contributed by atoms with Gasteiger partial charge < -0.3 is 10.1 Å². The first-order valence-electron chi connectivity index (χ1n) is 5.68. The molecule has 0 aliphatic heterocycles. The van der Waals surface area contributed by atoms with Gasteiger partial charge in [0.15, 0.2) is 0 Å². The molecule has 90 valence electrons. The highest BCUT2D eigenvalue weighted by Gasteiger charge is 2.11. The van der Waals surface area contributed by atoms with Crippen molar-refractivity contribution < 1.29 is 4.74 Å². The molecule has 0 aromatic heterocycles. The van der Waals surface area contributed by atoms with Crippen LogP contribution in [0.2, 0.25) is 0 Å². The SMILES string of the molecule is CCC(Nc1ccc(Br)c(OC)c1)C(C)C. The second-order valence-corrected chi connectivity index (χ2v) is 5.11. The third-order valence-corrected chi connectivity index (χ3v) is 3.40. The number of rotatable bonds is 5. The monoisotopic (exact) mass is 285 g/mol. The van der Waals surface area contributed by atoms with Crippen molar-refractivity contribution >= 4 is 21.6 Å². The predicted molar refractivity (Wildman–Crippen MR) is 73.2 cm³/mol. The van der Waals surface area contributed by atoms with Crippen LogP contribution in [0.15, 0.2) is 22.7 Å². The molecular formula is C13H20BrNO. The Balaban J connectivity index is 2.80. The van der Waals surface area contributed by atoms with E-state index in [1.807, 2.05) is 12.1 Å². The number of benzene rings is 1. The molecule has 0 radical (unpaired) electrons. The van der Waals surface area contributed by atoms with Crippen LogP contribution in [0.3, 0.4) is 0 Å². The van der Waals surface area contributed by atoms with Crippen molar-refractivity contribution in [2.45, 2.75) is 33.2 Å². The Morgan fingerprint density at radius 3 is 2.56 bits per heavy atom. The summed E-state index contributed by atoms with van der Waals surface area (Å²) in [6.07, 6.45) is 1.12. The summed E-state index contributed by atoms with van der Waals surface area (Å²) in [6.45, 7) is 6.67. The van der Waals surface area contributed by atoms with Crippen molar-refractivity contribution in [3.05, 3.63) is 22.7 Å². The average Bonchev–Trinajstić information content (AvgIpc) is 2.27. The molecule has 0 amide bonds. The Labute approximate surface area is 107 Å². The average molecular weight is 286 g/mol. The summed E-state index contributed by atoms with van der Waals surface area (Å²) in [7, 11) is 1.68. The maximum absolute atomic E-state index is 5.27. The largest absolute Gasteiger partial charge is 0.495 e. The minimum Gasteiger partial charge on any atom is -0.495 e. The lowest BCUT2D eigenvalue weighted by molar-refractivity contribution is 0.412. The quantitative estimate of drug-likeness (QED) is 0.871. The number of nitrogens with one attached hydrogen (secondary N) is 1. The van der Waals surface area contributed by atoms with Crippen molar-refractivity contribution in [1.29, 1.82) is 0 Å². The molecular weight excluding hydrogens is 266 g/mol. The fraction of sp³-hybridized carbons (Fsp3) is 0.538. The Morgan fingerprint density at radius 2 is 2.06 bits per heavy atom. The highest BCUT2D eigenvalue weighted by molar-refractivity contribution is 9.10. The van der Waals surface area contributed by atoms with Crippen LogP contribution in [0.1, 0.15) is 27.2 Å². The van der Waals surface area contributed by atoms with Gasteiger partial charge in [0.05, 0.1) is 11.6 Å². The smallest absolute Gasteiger partial charge is 0.135 e. The Kier molecular flexibility index (Phi) is 5.13. The fourth-order valence-electron chi connectivity index (χ4n) is 1.70. The maximum Gasteiger partial charge on any atom is 0.135 e. The first-order chi connectivity index (χ1) is 7.58. The topological polar surface area (TPSA) is 21.3 Å². The molecule has 0 bridgehead atoms. The molecule has 0 fully saturated rings. The molecule has 0 aliphatic carbocycles. The Morgan fingerprint density at radius 1 is 1.38 bits per heavy atom. The predicted octanol–water partition coefficient (Wildman–Crippen LogP) is 4.30. The normalized spacial score (nSPS) is 12.6. The standard InChI is InChI=1S/C13H20BrNO/c1-5-12(9(2)3)15-10-6-7-11(14)13(8-10)16-4/h6-9,12,15H,5H2,1-4H3. The zero-order valence-corrected chi connectivity index (χ0v) is 12.0. The summed E-state index contributed by atoms with van der Waals surface area (Å²) < 4.78 is 6.26. The zero-order chi connectivity index (χ0) is 12.1. The summed E-state index contributed by atoms with van der Waals surface area (Å²) in [5, 5.41) is 3.53. The van der Waals surface area contributed by atoms with Gasteiger partial charge in [-0.15, -0.1) is 0 Å². The van der Waals surface area contributed by atoms with Gasteiger partial charge in [0.2, 0.25) is 0 Å². The van der Waals surface area contributed by atoms with E-state index >= 15 is 0 Å². The first kappa shape index (κ1) is 13.4. The second-order valence-electron chi connectivity index (χ2n) is 4.25. The number of anilines is 1. The van der Waals surface area contributed by atoms with E-state index < -0.39 is 0 Å². The molecule has 0 saturated heterocycles. The minimum absolute atomic E-state index is 0.505. The van der Waals surface area contributed by atoms with Crippen LogP contribution < -0.4 is 10.1 Å². The van der Waals surface area contributed by atoms with Gasteiger partial charge in [0.25, 0.3) is 0 Å². The molecule has 3 heteroatoms. The zero-order valence-electron chi connectivity index (χ0n) is 10.4. The summed E-state index contributed by atoms with van der Waals surface area (Å²) in [5.41, 5.74) is 1.11. The van der Waals surface area contributed by atoms with E-state index in [4.69, 9.17) is 4.74 Å². The van der Waals surface area contributed by atoms with Crippen molar-refractivity contribution in [3.63, 3.8) is 0 Å². The maximum atomic E-state index is 5.27. The number of halogens is 1. The third kappa shape index (κ3) is 3.41. The van der Waals surface area contributed by atoms with Crippen LogP contribution in [-0.2, 0) is 0 Å². The van der Waals surface area contributed by atoms with Gasteiger partial charge in [0, 0.05) is 17.8 Å². The second kappa shape index (κ2) is 6.14. The Hall–Kier alpha value is -0.700. The van der Waals surface area contributed by atoms with Gasteiger partial charge in [-0.2, -0.15) is 0 Å². The van der Waals surface area contributed by atoms with E-state index in [0.29, 0.717) is 12.0 Å². The number of ether oxygens (including phenoxy) is 1. The van der Waals surface area contributed by atoms with Crippen LogP contribution in [0.4, 0.5) is 5.69 Å². The van der Waals surface area contributed by atoms with Gasteiger partial charge in [-0.25, -0.2) is 0 Å². The fourth-order valence-corrected chi connectivity index (χ4v) is 2.11. The van der Waals surface area contributed by atoms with Gasteiger partial charge in [0.1, 0.15) is 5.75 Å². The number of hydrogen-bond donors (Lipinski definition) is 1. The molecule has 1 rings (SSSR count). The molecule has 1 N–H and O–H groups in total. The summed E-state index contributed by atoms with van der Waals surface area (Å²) in [4.78, 5) is 0. The lowest BCUT2D eigenvalue weighted by atomic mass is 10.0. The van der Waals surface area contributed by atoms with E-state index in [0.717, 1.165) is 22.3 Å². The van der Waals surface area contributed by atoms with Crippen LogP contribution in [0, 0.1) is 5.92 Å². The highest BCUT2D eigenvalue weighted by atomic mass is 79.9. The van der Waals surface area contributed by atoms with E-state index in [9.17, 15) is 0 Å². The van der Waals surface area contributed by atoms with Gasteiger partial charge in [-0.3, -0.25) is 0 Å². The van der Waals surface area contributed by atoms with Crippen molar-refractivity contribution in [3.8, 4) is 5.75 Å². The molecule has 0 heterocycles. The molecule has 0 aliphatic rings. The third-order valence-electron chi connectivity index (χ3n) is 2.75. The van der Waals surface area contributed by atoms with Gasteiger partial charge in [-0.05, 0) is 40.4 Å². The number of methoxy groups -OCH3 is 1. The van der Waals surface area contributed by atoms with E-state index in [1.165, 1.54) is 0 Å². The van der Waals surface area contributed by atoms with Crippen molar-refractivity contribution in [1.82, 2.24) is 0 Å². The van der Waals surface area contributed by atoms with Crippen LogP contribution in [0.25, 0.3) is 0 Å². The van der Waals surface area contributed by atoms with Crippen molar-refractivity contribution in [2.24, 2.45) is 5.92 Å². The molecule has 0 spiro atoms. The summed E-state index contributed by atoms with van der Waals surface area (Å²) >= 11 is 3.45. The Bertz CT molecular complexity index is 339. The van der Waals surface area contributed by atoms with Gasteiger partial charge >= 0.3 is 0 Å². The van der Waals surface area contributed by atoms with Crippen LogP contribution >= 0.6 is 15.9 Å². The van der Waals surface area contributed by atoms with E-state index in [-0.39, 0.29) is 0 Å². The first-order valence-corrected chi connectivity index (χ1v) is 6.47. The van der Waals surface area contributed by atoms with Crippen LogP contribution in [0.5, 0.6) is 5.75 Å². The molecule has 1 aromatic carbocycles. The van der Waals surface area contributed by atoms with Gasteiger partial charge in [-0.1, -0.05) is 20.8 Å². The lowest BCUT2D eigenvalue weighted by Crippen LogP contribution is -2.24. The van der Waals surface area contributed by atoms with E-state index in [2.05, 4.69) is 48.1 Å². The van der Waals surface area contributed by atoms with E-state index in [1.54, 1.807) is 7.11 Å². The molecule has 0 saturated carbocycles. The molecule has 16 heavy (non-hydrogen) atoms. The summed E-state index contributed by atoms with van der Waals surface area (Å²) in [5.74, 6) is 1.49. The minimum atomic E-state index is 0.505. The highest BCUT2D eigenvalue weighted by Crippen LogP contribution is 2.28. The lowest BCUT2D eigenvalue weighted by Gasteiger charge is -2.22. The summed E-state index contributed by atoms with van der Waals surface area (Å²) in [6, 6.07) is 6.60. The molecule has 1 aromatic rings. The van der Waals surface area contributed by atoms with Crippen LogP contribution in [-0.4, -0.2) is 13.2 Å². The molecule has 1 atom stereocenters. The number of hydrogen-bond acceptors (Lipinski definition) is 2. The molecule has 2 nitrogen and oxygen atoms in total.